The van der Waals surface area contributed by atoms with Crippen molar-refractivity contribution in [2.75, 3.05) is 21.3 Å². The number of amides is 1. The van der Waals surface area contributed by atoms with Crippen LogP contribution in [-0.4, -0.2) is 51.9 Å². The third kappa shape index (κ3) is 4.27. The Morgan fingerprint density at radius 2 is 1.81 bits per heavy atom. The zero-order chi connectivity index (χ0) is 22.7. The SMILES string of the molecule is CNC(=O)C=C(c1cc(OC)cc(OC)c1)c1ccc2ncc(-c3cnn(C)c3)nc2n1. The molecule has 9 nitrogen and oxygen atoms in total. The molecule has 1 N–H and O–H groups in total. The number of rotatable bonds is 6. The molecule has 3 aromatic heterocycles. The Hall–Kier alpha value is -4.27. The lowest BCUT2D eigenvalue weighted by Crippen LogP contribution is -2.15. The van der Waals surface area contributed by atoms with Crippen molar-refractivity contribution in [2.45, 2.75) is 0 Å². The zero-order valence-corrected chi connectivity index (χ0v) is 18.2. The van der Waals surface area contributed by atoms with Gasteiger partial charge in [-0.2, -0.15) is 5.10 Å². The van der Waals surface area contributed by atoms with Crippen LogP contribution in [0.15, 0.2) is 55.0 Å². The van der Waals surface area contributed by atoms with Gasteiger partial charge in [-0.05, 0) is 29.8 Å². The Morgan fingerprint density at radius 3 is 2.44 bits per heavy atom. The summed E-state index contributed by atoms with van der Waals surface area (Å²) in [6, 6.07) is 9.04. The molecule has 4 aromatic rings. The van der Waals surface area contributed by atoms with E-state index in [-0.39, 0.29) is 5.91 Å². The largest absolute Gasteiger partial charge is 0.497 e. The average Bonchev–Trinajstić information content (AvgIpc) is 3.27. The number of aryl methyl sites for hydroxylation is 1. The minimum absolute atomic E-state index is 0.265. The molecule has 0 saturated carbocycles. The van der Waals surface area contributed by atoms with Crippen LogP contribution in [0, 0.1) is 0 Å². The van der Waals surface area contributed by atoms with E-state index in [0.29, 0.717) is 45.2 Å². The number of benzene rings is 1. The number of pyridine rings is 1. The summed E-state index contributed by atoms with van der Waals surface area (Å²) < 4.78 is 12.5. The van der Waals surface area contributed by atoms with Gasteiger partial charge in [-0.1, -0.05) is 0 Å². The number of nitrogens with zero attached hydrogens (tertiary/aromatic N) is 5. The van der Waals surface area contributed by atoms with Gasteiger partial charge in [0.2, 0.25) is 5.91 Å². The first kappa shape index (κ1) is 21.0. The van der Waals surface area contributed by atoms with E-state index in [9.17, 15) is 4.79 Å². The van der Waals surface area contributed by atoms with Gasteiger partial charge in [0.25, 0.3) is 0 Å². The molecule has 32 heavy (non-hydrogen) atoms. The first-order valence-corrected chi connectivity index (χ1v) is 9.80. The first-order chi connectivity index (χ1) is 15.5. The molecule has 4 rings (SSSR count). The van der Waals surface area contributed by atoms with Crippen molar-refractivity contribution in [3.05, 3.63) is 66.3 Å². The smallest absolute Gasteiger partial charge is 0.244 e. The van der Waals surface area contributed by atoms with E-state index in [2.05, 4.69) is 20.4 Å². The number of likely N-dealkylation sites (N-methyl/N-ethyl adjacent to an activating group) is 1. The van der Waals surface area contributed by atoms with E-state index in [1.54, 1.807) is 44.4 Å². The molecule has 0 spiro atoms. The molecule has 9 heteroatoms. The number of ether oxygens (including phenoxy) is 2. The monoisotopic (exact) mass is 430 g/mol. The second-order valence-corrected chi connectivity index (χ2v) is 6.97. The third-order valence-corrected chi connectivity index (χ3v) is 4.87. The quantitative estimate of drug-likeness (QED) is 0.469. The zero-order valence-electron chi connectivity index (χ0n) is 18.2. The van der Waals surface area contributed by atoms with E-state index >= 15 is 0 Å². The highest BCUT2D eigenvalue weighted by molar-refractivity contribution is 5.99. The number of carbonyl (C=O) groups is 1. The molecule has 162 valence electrons. The van der Waals surface area contributed by atoms with Crippen LogP contribution in [0.1, 0.15) is 11.3 Å². The molecule has 0 bridgehead atoms. The normalized spacial score (nSPS) is 11.4. The number of fused-ring (bicyclic) bond motifs is 1. The molecule has 0 atom stereocenters. The van der Waals surface area contributed by atoms with Crippen molar-refractivity contribution in [1.29, 1.82) is 0 Å². The van der Waals surface area contributed by atoms with Crippen molar-refractivity contribution >= 4 is 22.6 Å². The Morgan fingerprint density at radius 1 is 1.06 bits per heavy atom. The number of carbonyl (C=O) groups excluding carboxylic acids is 1. The Bertz CT molecular complexity index is 1310. The van der Waals surface area contributed by atoms with Gasteiger partial charge in [-0.15, -0.1) is 0 Å². The summed E-state index contributed by atoms with van der Waals surface area (Å²) in [7, 11) is 6.56. The van der Waals surface area contributed by atoms with Crippen LogP contribution in [0.5, 0.6) is 11.5 Å². The Labute approximate surface area is 184 Å². The molecule has 0 fully saturated rings. The van der Waals surface area contributed by atoms with E-state index in [1.807, 2.05) is 37.5 Å². The highest BCUT2D eigenvalue weighted by Crippen LogP contribution is 2.31. The predicted molar refractivity (Wildman–Crippen MR) is 120 cm³/mol. The standard InChI is InChI=1S/C23H22N6O3/c1-24-22(30)10-18(14-7-16(31-3)9-17(8-14)32-4)19-5-6-20-23(27-19)28-21(12-25-20)15-11-26-29(2)13-15/h5-13H,1-4H3,(H,24,30). The van der Waals surface area contributed by atoms with E-state index < -0.39 is 0 Å². The minimum atomic E-state index is -0.265. The third-order valence-electron chi connectivity index (χ3n) is 4.87. The van der Waals surface area contributed by atoms with Gasteiger partial charge >= 0.3 is 0 Å². The maximum atomic E-state index is 12.3. The summed E-state index contributed by atoms with van der Waals surface area (Å²) in [4.78, 5) is 26.1. The number of methoxy groups -OCH3 is 2. The van der Waals surface area contributed by atoms with Gasteiger partial charge in [-0.3, -0.25) is 14.5 Å². The molecule has 0 radical (unpaired) electrons. The molecule has 0 aliphatic rings. The van der Waals surface area contributed by atoms with Crippen molar-refractivity contribution in [1.82, 2.24) is 30.0 Å². The summed E-state index contributed by atoms with van der Waals surface area (Å²) >= 11 is 0. The van der Waals surface area contributed by atoms with Crippen LogP contribution < -0.4 is 14.8 Å². The number of aromatic nitrogens is 5. The van der Waals surface area contributed by atoms with Crippen LogP contribution in [0.2, 0.25) is 0 Å². The van der Waals surface area contributed by atoms with Gasteiger partial charge in [0, 0.05) is 43.6 Å². The molecule has 1 amide bonds. The van der Waals surface area contributed by atoms with Gasteiger partial charge in [0.1, 0.15) is 17.0 Å². The minimum Gasteiger partial charge on any atom is -0.497 e. The lowest BCUT2D eigenvalue weighted by Gasteiger charge is -2.12. The van der Waals surface area contributed by atoms with Gasteiger partial charge in [-0.25, -0.2) is 9.97 Å². The number of nitrogens with one attached hydrogen (secondary N) is 1. The molecular weight excluding hydrogens is 408 g/mol. The van der Waals surface area contributed by atoms with Gasteiger partial charge in [0.15, 0.2) is 5.65 Å². The van der Waals surface area contributed by atoms with Crippen LogP contribution in [0.4, 0.5) is 0 Å². The maximum absolute atomic E-state index is 12.3. The van der Waals surface area contributed by atoms with Crippen molar-refractivity contribution in [3.63, 3.8) is 0 Å². The molecule has 0 saturated heterocycles. The second kappa shape index (κ2) is 8.84. The van der Waals surface area contributed by atoms with Gasteiger partial charge < -0.3 is 14.8 Å². The lowest BCUT2D eigenvalue weighted by molar-refractivity contribution is -0.116. The average molecular weight is 430 g/mol. The summed E-state index contributed by atoms with van der Waals surface area (Å²) in [6.07, 6.45) is 6.76. The second-order valence-electron chi connectivity index (χ2n) is 6.97. The van der Waals surface area contributed by atoms with Gasteiger partial charge in [0.05, 0.1) is 38.0 Å². The van der Waals surface area contributed by atoms with Crippen molar-refractivity contribution in [2.24, 2.45) is 7.05 Å². The molecule has 3 heterocycles. The Balaban J connectivity index is 1.86. The molecular formula is C23H22N6O3. The fourth-order valence-electron chi connectivity index (χ4n) is 3.21. The topological polar surface area (TPSA) is 104 Å². The summed E-state index contributed by atoms with van der Waals surface area (Å²) in [5.74, 6) is 0.932. The van der Waals surface area contributed by atoms with Crippen LogP contribution >= 0.6 is 0 Å². The van der Waals surface area contributed by atoms with E-state index in [1.165, 1.54) is 6.08 Å². The maximum Gasteiger partial charge on any atom is 0.244 e. The van der Waals surface area contributed by atoms with E-state index in [0.717, 1.165) is 5.56 Å². The van der Waals surface area contributed by atoms with Crippen molar-refractivity contribution < 1.29 is 14.3 Å². The molecule has 0 unspecified atom stereocenters. The summed E-state index contributed by atoms with van der Waals surface area (Å²) in [5.41, 5.74) is 4.48. The number of hydrogen-bond donors (Lipinski definition) is 1. The molecule has 0 aliphatic heterocycles. The van der Waals surface area contributed by atoms with Crippen LogP contribution in [0.3, 0.4) is 0 Å². The predicted octanol–water partition coefficient (Wildman–Crippen LogP) is 2.62. The lowest BCUT2D eigenvalue weighted by atomic mass is 10.0. The fraction of sp³-hybridized carbons (Fsp3) is 0.174. The Kier molecular flexibility index (Phi) is 5.80. The van der Waals surface area contributed by atoms with Crippen LogP contribution in [-0.2, 0) is 11.8 Å². The van der Waals surface area contributed by atoms with E-state index in [4.69, 9.17) is 14.5 Å². The molecule has 1 aromatic carbocycles. The molecule has 0 aliphatic carbocycles. The van der Waals surface area contributed by atoms with Crippen molar-refractivity contribution in [3.8, 4) is 22.8 Å². The summed E-state index contributed by atoms with van der Waals surface area (Å²) in [6.45, 7) is 0. The summed E-state index contributed by atoms with van der Waals surface area (Å²) in [5, 5.41) is 6.80. The van der Waals surface area contributed by atoms with Crippen LogP contribution in [0.25, 0.3) is 28.0 Å². The number of hydrogen-bond acceptors (Lipinski definition) is 7. The first-order valence-electron chi connectivity index (χ1n) is 9.80. The highest BCUT2D eigenvalue weighted by atomic mass is 16.5. The highest BCUT2D eigenvalue weighted by Gasteiger charge is 2.14. The fourth-order valence-corrected chi connectivity index (χ4v) is 3.21.